The first-order valence-corrected chi connectivity index (χ1v) is 6.48. The maximum atomic E-state index is 11.6. The zero-order valence-corrected chi connectivity index (χ0v) is 11.9. The molecule has 1 aliphatic rings. The fraction of sp³-hybridized carbons (Fsp3) is 0.250. The van der Waals surface area contributed by atoms with Gasteiger partial charge in [0, 0.05) is 11.6 Å². The van der Waals surface area contributed by atoms with Crippen LogP contribution in [0.3, 0.4) is 0 Å². The molecule has 21 heavy (non-hydrogen) atoms. The number of hydrogen-bond acceptors (Lipinski definition) is 5. The number of nitrogens with zero attached hydrogens (tertiary/aromatic N) is 1. The minimum absolute atomic E-state index is 0.0383. The summed E-state index contributed by atoms with van der Waals surface area (Å²) in [6.07, 6.45) is 3.36. The Kier molecular flexibility index (Phi) is 4.62. The van der Waals surface area contributed by atoms with Crippen LogP contribution in [0.25, 0.3) is 6.08 Å². The van der Waals surface area contributed by atoms with E-state index >= 15 is 0 Å². The summed E-state index contributed by atoms with van der Waals surface area (Å²) in [5, 5.41) is 9.01. The maximum Gasteiger partial charge on any atom is 0.348 e. The smallest absolute Gasteiger partial charge is 0.348 e. The van der Waals surface area contributed by atoms with Gasteiger partial charge in [0.05, 0.1) is 13.7 Å². The maximum absolute atomic E-state index is 11.6. The Labute approximate surface area is 123 Å². The molecule has 0 unspecified atom stereocenters. The highest BCUT2D eigenvalue weighted by Gasteiger charge is 2.15. The third-order valence-corrected chi connectivity index (χ3v) is 2.90. The zero-order valence-electron chi connectivity index (χ0n) is 11.9. The minimum Gasteiger partial charge on any atom is -0.497 e. The van der Waals surface area contributed by atoms with E-state index < -0.39 is 5.97 Å². The van der Waals surface area contributed by atoms with Crippen molar-refractivity contribution in [1.82, 2.24) is 0 Å². The molecule has 1 aliphatic heterocycles. The van der Waals surface area contributed by atoms with Gasteiger partial charge in [-0.05, 0) is 36.8 Å². The van der Waals surface area contributed by atoms with E-state index in [4.69, 9.17) is 19.5 Å². The van der Waals surface area contributed by atoms with Crippen LogP contribution in [0.5, 0.6) is 11.5 Å². The lowest BCUT2D eigenvalue weighted by Gasteiger charge is -2.17. The molecule has 0 saturated heterocycles. The first-order valence-electron chi connectivity index (χ1n) is 6.48. The van der Waals surface area contributed by atoms with E-state index in [0.717, 1.165) is 11.1 Å². The highest BCUT2D eigenvalue weighted by atomic mass is 16.5. The second-order valence-corrected chi connectivity index (χ2v) is 4.30. The molecule has 108 valence electrons. The lowest BCUT2D eigenvalue weighted by atomic mass is 10.1. The summed E-state index contributed by atoms with van der Waals surface area (Å²) in [5.41, 5.74) is 1.57. The van der Waals surface area contributed by atoms with Gasteiger partial charge in [-0.1, -0.05) is 0 Å². The van der Waals surface area contributed by atoms with Crippen LogP contribution < -0.4 is 9.47 Å². The quantitative estimate of drug-likeness (QED) is 0.483. The molecule has 1 heterocycles. The number of nitriles is 1. The lowest BCUT2D eigenvalue weighted by molar-refractivity contribution is -0.138. The van der Waals surface area contributed by atoms with Crippen LogP contribution in [0, 0.1) is 11.3 Å². The highest BCUT2D eigenvalue weighted by molar-refractivity contribution is 5.93. The molecule has 0 aromatic heterocycles. The molecular weight excluding hydrogens is 270 g/mol. The molecule has 0 aliphatic carbocycles. The predicted molar refractivity (Wildman–Crippen MR) is 76.8 cm³/mol. The Balaban J connectivity index is 2.27. The van der Waals surface area contributed by atoms with E-state index in [0.29, 0.717) is 11.5 Å². The fourth-order valence-electron chi connectivity index (χ4n) is 1.90. The molecule has 0 radical (unpaired) electrons. The van der Waals surface area contributed by atoms with Crippen molar-refractivity contribution in [3.05, 3.63) is 41.0 Å². The average Bonchev–Trinajstić information content (AvgIpc) is 2.52. The van der Waals surface area contributed by atoms with Gasteiger partial charge in [0.25, 0.3) is 0 Å². The minimum atomic E-state index is -0.624. The van der Waals surface area contributed by atoms with E-state index in [9.17, 15) is 4.79 Å². The van der Waals surface area contributed by atoms with Crippen LogP contribution in [-0.2, 0) is 9.53 Å². The molecule has 2 rings (SSSR count). The van der Waals surface area contributed by atoms with Gasteiger partial charge in [-0.2, -0.15) is 5.26 Å². The van der Waals surface area contributed by atoms with E-state index in [1.165, 1.54) is 6.08 Å². The number of esters is 1. The molecule has 5 heteroatoms. The van der Waals surface area contributed by atoms with E-state index in [2.05, 4.69) is 0 Å². The summed E-state index contributed by atoms with van der Waals surface area (Å²) in [6.45, 7) is 2.21. The summed E-state index contributed by atoms with van der Waals surface area (Å²) >= 11 is 0. The molecule has 0 amide bonds. The molecule has 0 bridgehead atoms. The molecule has 0 fully saturated rings. The number of rotatable bonds is 4. The standard InChI is InChI=1S/C16H15NO4/c1-3-20-16(18)13(9-17)7-11-6-12-4-5-14(19-2)8-15(12)21-10-11/h4-8H,3,10H2,1-2H3/b13-7+. The van der Waals surface area contributed by atoms with Crippen molar-refractivity contribution in [3.63, 3.8) is 0 Å². The van der Waals surface area contributed by atoms with Crippen molar-refractivity contribution in [3.8, 4) is 17.6 Å². The third kappa shape index (κ3) is 3.42. The molecule has 1 aromatic carbocycles. The molecule has 0 atom stereocenters. The Morgan fingerprint density at radius 2 is 2.33 bits per heavy atom. The summed E-state index contributed by atoms with van der Waals surface area (Å²) in [4.78, 5) is 11.6. The van der Waals surface area contributed by atoms with Gasteiger partial charge in [-0.3, -0.25) is 0 Å². The lowest BCUT2D eigenvalue weighted by Crippen LogP contribution is -2.10. The Morgan fingerprint density at radius 3 is 3.00 bits per heavy atom. The van der Waals surface area contributed by atoms with Gasteiger partial charge < -0.3 is 14.2 Å². The second kappa shape index (κ2) is 6.62. The molecule has 0 spiro atoms. The normalized spacial score (nSPS) is 13.4. The second-order valence-electron chi connectivity index (χ2n) is 4.30. The van der Waals surface area contributed by atoms with Crippen LogP contribution in [0.15, 0.2) is 35.4 Å². The first-order chi connectivity index (χ1) is 10.2. The number of benzene rings is 1. The van der Waals surface area contributed by atoms with Crippen molar-refractivity contribution in [2.75, 3.05) is 20.3 Å². The van der Waals surface area contributed by atoms with Crippen molar-refractivity contribution >= 4 is 12.0 Å². The van der Waals surface area contributed by atoms with Gasteiger partial charge in [0.1, 0.15) is 29.7 Å². The summed E-state index contributed by atoms with van der Waals surface area (Å²) in [6, 6.07) is 7.32. The monoisotopic (exact) mass is 285 g/mol. The topological polar surface area (TPSA) is 68.6 Å². The van der Waals surface area contributed by atoms with Gasteiger partial charge in [-0.15, -0.1) is 0 Å². The van der Waals surface area contributed by atoms with E-state index in [1.54, 1.807) is 20.1 Å². The Bertz CT molecular complexity index is 653. The third-order valence-electron chi connectivity index (χ3n) is 2.90. The number of hydrogen-bond donors (Lipinski definition) is 0. The Hall–Kier alpha value is -2.74. The largest absolute Gasteiger partial charge is 0.497 e. The zero-order chi connectivity index (χ0) is 15.2. The highest BCUT2D eigenvalue weighted by Crippen LogP contribution is 2.30. The fourth-order valence-corrected chi connectivity index (χ4v) is 1.90. The van der Waals surface area contributed by atoms with Crippen LogP contribution >= 0.6 is 0 Å². The van der Waals surface area contributed by atoms with Gasteiger partial charge in [0.2, 0.25) is 0 Å². The summed E-state index contributed by atoms with van der Waals surface area (Å²) in [5.74, 6) is 0.799. The van der Waals surface area contributed by atoms with Gasteiger partial charge in [0.15, 0.2) is 0 Å². The Morgan fingerprint density at radius 1 is 1.52 bits per heavy atom. The SMILES string of the molecule is CCOC(=O)/C(C#N)=C/C1=Cc2ccc(OC)cc2OC1. The predicted octanol–water partition coefficient (Wildman–Crippen LogP) is 2.48. The van der Waals surface area contributed by atoms with Crippen molar-refractivity contribution in [2.45, 2.75) is 6.92 Å². The first kappa shape index (κ1) is 14.7. The van der Waals surface area contributed by atoms with Crippen molar-refractivity contribution < 1.29 is 19.0 Å². The van der Waals surface area contributed by atoms with E-state index in [-0.39, 0.29) is 18.8 Å². The van der Waals surface area contributed by atoms with Gasteiger partial charge in [-0.25, -0.2) is 4.79 Å². The van der Waals surface area contributed by atoms with Crippen LogP contribution in [-0.4, -0.2) is 26.3 Å². The number of ether oxygens (including phenoxy) is 3. The molecule has 1 aromatic rings. The number of carbonyl (C=O) groups excluding carboxylic acids is 1. The summed E-state index contributed by atoms with van der Waals surface area (Å²) < 4.78 is 15.6. The number of methoxy groups -OCH3 is 1. The number of carbonyl (C=O) groups is 1. The van der Waals surface area contributed by atoms with Crippen LogP contribution in [0.2, 0.25) is 0 Å². The molecule has 0 saturated carbocycles. The van der Waals surface area contributed by atoms with Crippen LogP contribution in [0.4, 0.5) is 0 Å². The van der Waals surface area contributed by atoms with E-state index in [1.807, 2.05) is 24.3 Å². The van der Waals surface area contributed by atoms with Crippen LogP contribution in [0.1, 0.15) is 12.5 Å². The van der Waals surface area contributed by atoms with Crippen molar-refractivity contribution in [1.29, 1.82) is 5.26 Å². The number of fused-ring (bicyclic) bond motifs is 1. The molecular formula is C16H15NO4. The summed E-state index contributed by atoms with van der Waals surface area (Å²) in [7, 11) is 1.59. The van der Waals surface area contributed by atoms with Gasteiger partial charge >= 0.3 is 5.97 Å². The molecule has 0 N–H and O–H groups in total. The molecule has 5 nitrogen and oxygen atoms in total. The average molecular weight is 285 g/mol. The van der Waals surface area contributed by atoms with Crippen molar-refractivity contribution in [2.24, 2.45) is 0 Å².